The van der Waals surface area contributed by atoms with Gasteiger partial charge in [-0.15, -0.1) is 12.4 Å². The number of ether oxygens (including phenoxy) is 2. The maximum atomic E-state index is 10.4. The molecule has 7 nitrogen and oxygen atoms in total. The Balaban J connectivity index is 0.00000280. The van der Waals surface area contributed by atoms with E-state index < -0.39 is 0 Å². The number of nitrogens with zero attached hydrogens (tertiary/aromatic N) is 3. The van der Waals surface area contributed by atoms with E-state index in [1.54, 1.807) is 14.2 Å². The van der Waals surface area contributed by atoms with Gasteiger partial charge in [0.25, 0.3) is 0 Å². The van der Waals surface area contributed by atoms with Gasteiger partial charge in [-0.2, -0.15) is 4.98 Å². The van der Waals surface area contributed by atoms with E-state index in [9.17, 15) is 5.11 Å². The first kappa shape index (κ1) is 22.3. The number of piperidine rings is 1. The molecule has 0 spiro atoms. The molecule has 1 unspecified atom stereocenters. The first-order valence-electron chi connectivity index (χ1n) is 9.69. The molecule has 0 radical (unpaired) electrons. The molecule has 2 heterocycles. The number of nitrogens with two attached hydrogens (primary N) is 1. The Morgan fingerprint density at radius 2 is 1.82 bits per heavy atom. The summed E-state index contributed by atoms with van der Waals surface area (Å²) in [6.45, 7) is 3.81. The van der Waals surface area contributed by atoms with Crippen LogP contribution in [-0.2, 0) is 0 Å². The van der Waals surface area contributed by atoms with Crippen molar-refractivity contribution in [3.05, 3.63) is 12.1 Å². The summed E-state index contributed by atoms with van der Waals surface area (Å²) in [6, 6.07) is 3.64. The molecule has 2 aromatic rings. The number of aromatic nitrogens is 2. The Morgan fingerprint density at radius 3 is 2.43 bits per heavy atom. The number of anilines is 2. The minimum Gasteiger partial charge on any atom is -0.493 e. The van der Waals surface area contributed by atoms with Gasteiger partial charge in [0.05, 0.1) is 25.8 Å². The van der Waals surface area contributed by atoms with Crippen molar-refractivity contribution in [2.45, 2.75) is 45.1 Å². The number of rotatable bonds is 7. The van der Waals surface area contributed by atoms with E-state index in [2.05, 4.69) is 16.8 Å². The highest BCUT2D eigenvalue weighted by Gasteiger charge is 2.26. The summed E-state index contributed by atoms with van der Waals surface area (Å²) >= 11 is 0. The molecular weight excluding hydrogens is 380 g/mol. The van der Waals surface area contributed by atoms with Crippen LogP contribution in [0.15, 0.2) is 12.1 Å². The molecule has 1 atom stereocenters. The molecule has 0 saturated carbocycles. The Hall–Kier alpha value is -1.99. The number of benzene rings is 1. The molecule has 3 N–H and O–H groups in total. The topological polar surface area (TPSA) is 93.7 Å². The van der Waals surface area contributed by atoms with Crippen molar-refractivity contribution in [2.24, 2.45) is 5.92 Å². The Kier molecular flexibility index (Phi) is 7.95. The molecule has 28 heavy (non-hydrogen) atoms. The van der Waals surface area contributed by atoms with Gasteiger partial charge in [-0.25, -0.2) is 4.98 Å². The third kappa shape index (κ3) is 4.70. The Bertz CT molecular complexity index is 782. The third-order valence-corrected chi connectivity index (χ3v) is 5.44. The number of halogens is 1. The molecule has 8 heteroatoms. The predicted molar refractivity (Wildman–Crippen MR) is 115 cm³/mol. The van der Waals surface area contributed by atoms with Crippen molar-refractivity contribution in [1.82, 2.24) is 9.97 Å². The maximum Gasteiger partial charge on any atom is 0.227 e. The Morgan fingerprint density at radius 1 is 1.18 bits per heavy atom. The second-order valence-electron chi connectivity index (χ2n) is 7.17. The van der Waals surface area contributed by atoms with Crippen LogP contribution in [0.2, 0.25) is 0 Å². The number of nitrogen functional groups attached to an aromatic ring is 1. The van der Waals surface area contributed by atoms with Crippen molar-refractivity contribution in [3.63, 3.8) is 0 Å². The molecular formula is C20H31ClN4O3. The van der Waals surface area contributed by atoms with Gasteiger partial charge in [-0.05, 0) is 31.2 Å². The van der Waals surface area contributed by atoms with Gasteiger partial charge in [0.2, 0.25) is 5.95 Å². The minimum atomic E-state index is -0.202. The lowest BCUT2D eigenvalue weighted by Crippen LogP contribution is -2.38. The van der Waals surface area contributed by atoms with E-state index >= 15 is 0 Å². The average Bonchev–Trinajstić information content (AvgIpc) is 2.71. The summed E-state index contributed by atoms with van der Waals surface area (Å²) < 4.78 is 10.7. The van der Waals surface area contributed by atoms with Crippen LogP contribution in [0.4, 0.5) is 11.8 Å². The van der Waals surface area contributed by atoms with Crippen LogP contribution in [0.5, 0.6) is 11.5 Å². The highest BCUT2D eigenvalue weighted by atomic mass is 35.5. The first-order valence-corrected chi connectivity index (χ1v) is 9.69. The van der Waals surface area contributed by atoms with E-state index in [0.29, 0.717) is 29.2 Å². The SMILES string of the molecule is CCCCC(O)C1CCN(c2nc(N)c3cc(OC)c(OC)cc3n2)CC1.Cl. The van der Waals surface area contributed by atoms with Crippen molar-refractivity contribution in [3.8, 4) is 11.5 Å². The van der Waals surface area contributed by atoms with E-state index in [1.807, 2.05) is 12.1 Å². The number of fused-ring (bicyclic) bond motifs is 1. The largest absolute Gasteiger partial charge is 0.493 e. The van der Waals surface area contributed by atoms with Gasteiger partial charge < -0.3 is 25.2 Å². The number of methoxy groups -OCH3 is 2. The molecule has 0 aliphatic carbocycles. The summed E-state index contributed by atoms with van der Waals surface area (Å²) in [6.07, 6.45) is 4.77. The molecule has 3 rings (SSSR count). The number of hydrogen-bond acceptors (Lipinski definition) is 7. The van der Waals surface area contributed by atoms with Gasteiger partial charge in [-0.1, -0.05) is 19.8 Å². The van der Waals surface area contributed by atoms with Crippen LogP contribution in [0, 0.1) is 5.92 Å². The number of aliphatic hydroxyl groups excluding tert-OH is 1. The second kappa shape index (κ2) is 9.98. The zero-order chi connectivity index (χ0) is 19.4. The first-order chi connectivity index (χ1) is 13.1. The fourth-order valence-electron chi connectivity index (χ4n) is 3.74. The summed E-state index contributed by atoms with van der Waals surface area (Å²) in [4.78, 5) is 11.4. The fourth-order valence-corrected chi connectivity index (χ4v) is 3.74. The van der Waals surface area contributed by atoms with E-state index in [1.165, 1.54) is 0 Å². The lowest BCUT2D eigenvalue weighted by atomic mass is 9.89. The van der Waals surface area contributed by atoms with Gasteiger partial charge in [0, 0.05) is 24.5 Å². The van der Waals surface area contributed by atoms with Gasteiger partial charge in [0.1, 0.15) is 5.82 Å². The second-order valence-corrected chi connectivity index (χ2v) is 7.17. The van der Waals surface area contributed by atoms with E-state index in [4.69, 9.17) is 20.2 Å². The minimum absolute atomic E-state index is 0. The number of hydrogen-bond donors (Lipinski definition) is 2. The average molecular weight is 411 g/mol. The molecule has 1 aromatic carbocycles. The lowest BCUT2D eigenvalue weighted by Gasteiger charge is -2.34. The highest BCUT2D eigenvalue weighted by molar-refractivity contribution is 5.91. The molecule has 0 bridgehead atoms. The van der Waals surface area contributed by atoms with Crippen molar-refractivity contribution >= 4 is 35.1 Å². The molecule has 156 valence electrons. The normalized spacial score (nSPS) is 15.9. The smallest absolute Gasteiger partial charge is 0.227 e. The molecule has 0 amide bonds. The quantitative estimate of drug-likeness (QED) is 0.722. The zero-order valence-corrected chi connectivity index (χ0v) is 17.7. The zero-order valence-electron chi connectivity index (χ0n) is 16.9. The summed E-state index contributed by atoms with van der Waals surface area (Å²) in [5, 5.41) is 11.1. The Labute approximate surface area is 172 Å². The van der Waals surface area contributed by atoms with Crippen LogP contribution in [0.1, 0.15) is 39.0 Å². The van der Waals surface area contributed by atoms with Crippen molar-refractivity contribution in [2.75, 3.05) is 37.9 Å². The van der Waals surface area contributed by atoms with E-state index in [0.717, 1.165) is 56.1 Å². The predicted octanol–water partition coefficient (Wildman–Crippen LogP) is 3.42. The van der Waals surface area contributed by atoms with Crippen LogP contribution in [0.25, 0.3) is 10.9 Å². The number of unbranched alkanes of at least 4 members (excludes halogenated alkanes) is 1. The lowest BCUT2D eigenvalue weighted by molar-refractivity contribution is 0.0825. The van der Waals surface area contributed by atoms with Gasteiger partial charge in [0.15, 0.2) is 11.5 Å². The third-order valence-electron chi connectivity index (χ3n) is 5.44. The molecule has 1 saturated heterocycles. The standard InChI is InChI=1S/C20H30N4O3.ClH/c1-4-5-6-16(25)13-7-9-24(10-8-13)20-22-15-12-18(27-3)17(26-2)11-14(15)19(21)23-20;/h11-13,16,25H,4-10H2,1-3H3,(H2,21,22,23);1H. The van der Waals surface area contributed by atoms with Crippen LogP contribution in [0.3, 0.4) is 0 Å². The van der Waals surface area contributed by atoms with Crippen LogP contribution >= 0.6 is 12.4 Å². The maximum absolute atomic E-state index is 10.4. The van der Waals surface area contributed by atoms with Gasteiger partial charge in [-0.3, -0.25) is 0 Å². The molecule has 1 aliphatic rings. The molecule has 1 aliphatic heterocycles. The van der Waals surface area contributed by atoms with Crippen LogP contribution in [-0.4, -0.2) is 48.5 Å². The monoisotopic (exact) mass is 410 g/mol. The fraction of sp³-hybridized carbons (Fsp3) is 0.600. The van der Waals surface area contributed by atoms with Crippen molar-refractivity contribution in [1.29, 1.82) is 0 Å². The molecule has 1 fully saturated rings. The summed E-state index contributed by atoms with van der Waals surface area (Å²) in [5.41, 5.74) is 6.93. The number of aliphatic hydroxyl groups is 1. The van der Waals surface area contributed by atoms with Crippen LogP contribution < -0.4 is 20.1 Å². The van der Waals surface area contributed by atoms with Crippen molar-refractivity contribution < 1.29 is 14.6 Å². The highest BCUT2D eigenvalue weighted by Crippen LogP contribution is 2.34. The molecule has 1 aromatic heterocycles. The van der Waals surface area contributed by atoms with E-state index in [-0.39, 0.29) is 18.5 Å². The van der Waals surface area contributed by atoms with Gasteiger partial charge >= 0.3 is 0 Å². The summed E-state index contributed by atoms with van der Waals surface area (Å²) in [5.74, 6) is 2.64. The summed E-state index contributed by atoms with van der Waals surface area (Å²) in [7, 11) is 3.19.